The number of nitrogens with two attached hydrogens (primary N) is 1. The van der Waals surface area contributed by atoms with E-state index < -0.39 is 36.0 Å². The second kappa shape index (κ2) is 14.0. The molecule has 0 fully saturated rings. The first-order chi connectivity index (χ1) is 18.2. The van der Waals surface area contributed by atoms with E-state index >= 15 is 0 Å². The van der Waals surface area contributed by atoms with Gasteiger partial charge in [-0.25, -0.2) is 13.4 Å². The SMILES string of the molecule is NC([O-])=Nc1cc(Nc2nc(Cl)nc(Cl)n2)ccc1N=Nc1cc(S(=O)(=O)O)c2cccc(S(=O)(=O)[O-])c2c1.[Na+].[Na+]. The van der Waals surface area contributed by atoms with E-state index in [0.29, 0.717) is 0 Å². The minimum absolute atomic E-state index is 0. The topological polar surface area (TPSA) is 248 Å². The van der Waals surface area contributed by atoms with Crippen molar-refractivity contribution in [1.29, 1.82) is 0 Å². The Morgan fingerprint density at radius 2 is 1.54 bits per heavy atom. The van der Waals surface area contributed by atoms with Crippen molar-refractivity contribution in [2.75, 3.05) is 5.32 Å². The summed E-state index contributed by atoms with van der Waals surface area (Å²) in [5.74, 6) is -0.0302. The molecule has 0 unspecified atom stereocenters. The third-order valence-electron chi connectivity index (χ3n) is 4.77. The molecular weight excluding hydrogens is 645 g/mol. The number of nitrogens with one attached hydrogen (secondary N) is 1. The van der Waals surface area contributed by atoms with Crippen LogP contribution in [0.1, 0.15) is 0 Å². The maximum Gasteiger partial charge on any atom is 1.00 e. The third-order valence-corrected chi connectivity index (χ3v) is 6.89. The van der Waals surface area contributed by atoms with Gasteiger partial charge in [0.2, 0.25) is 16.5 Å². The van der Waals surface area contributed by atoms with Crippen LogP contribution < -0.4 is 75.3 Å². The number of azo groups is 1. The van der Waals surface area contributed by atoms with Gasteiger partial charge in [-0.3, -0.25) is 4.55 Å². The van der Waals surface area contributed by atoms with Crippen molar-refractivity contribution < 1.29 is 90.2 Å². The van der Waals surface area contributed by atoms with Gasteiger partial charge in [0, 0.05) is 16.5 Å². The quantitative estimate of drug-likeness (QED) is 0.0590. The molecule has 3 aromatic carbocycles. The van der Waals surface area contributed by atoms with Crippen molar-refractivity contribution in [2.45, 2.75) is 9.79 Å². The molecular formula is C20H12Cl2N8Na2O7S2. The molecule has 0 amide bonds. The molecule has 0 saturated carbocycles. The summed E-state index contributed by atoms with van der Waals surface area (Å²) in [6.07, 6.45) is 0. The standard InChI is InChI=1S/C20H14Cl2N8O7S2.2Na/c21-17-26-18(22)28-20(27-17)24-9-4-5-13(14(7-9)25-19(23)31)30-29-10-6-12-11(16(8-10)39(35,36)37)2-1-3-15(12)38(32,33)34;;/h1-8H,(H3,23,25,31)(H,32,33,34)(H,35,36,37)(H,24,26,27,28);;/q;2*+1/p-2. The number of halogens is 2. The Morgan fingerprint density at radius 1 is 0.878 bits per heavy atom. The van der Waals surface area contributed by atoms with Crippen LogP contribution in [0.25, 0.3) is 10.8 Å². The largest absolute Gasteiger partial charge is 1.00 e. The fourth-order valence-corrected chi connectivity index (χ4v) is 5.09. The van der Waals surface area contributed by atoms with Gasteiger partial charge in [0.05, 0.1) is 22.3 Å². The molecule has 4 N–H and O–H groups in total. The molecule has 0 atom stereocenters. The molecule has 4 rings (SSSR count). The fraction of sp³-hybridized carbons (Fsp3) is 0. The zero-order chi connectivity index (χ0) is 28.5. The number of rotatable bonds is 7. The van der Waals surface area contributed by atoms with Crippen LogP contribution in [0.5, 0.6) is 0 Å². The summed E-state index contributed by atoms with van der Waals surface area (Å²) in [6.45, 7) is 0. The molecule has 0 aliphatic rings. The Kier molecular flexibility index (Phi) is 12.0. The number of benzene rings is 3. The Labute approximate surface area is 286 Å². The first kappa shape index (κ1) is 35.2. The monoisotopic (exact) mass is 656 g/mol. The Morgan fingerprint density at radius 3 is 2.12 bits per heavy atom. The van der Waals surface area contributed by atoms with Crippen molar-refractivity contribution in [3.05, 3.63) is 59.1 Å². The molecule has 1 heterocycles. The van der Waals surface area contributed by atoms with Crippen molar-refractivity contribution >= 4 is 88.9 Å². The summed E-state index contributed by atoms with van der Waals surface area (Å²) in [5.41, 5.74) is 5.08. The summed E-state index contributed by atoms with van der Waals surface area (Å²) in [5, 5.41) is 21.2. The van der Waals surface area contributed by atoms with E-state index in [1.54, 1.807) is 0 Å². The second-order valence-electron chi connectivity index (χ2n) is 7.40. The van der Waals surface area contributed by atoms with E-state index in [4.69, 9.17) is 28.9 Å². The van der Waals surface area contributed by atoms with Gasteiger partial charge in [0.15, 0.2) is 0 Å². The first-order valence-corrected chi connectivity index (χ1v) is 13.7. The predicted molar refractivity (Wildman–Crippen MR) is 137 cm³/mol. The summed E-state index contributed by atoms with van der Waals surface area (Å²) in [7, 11) is -9.92. The van der Waals surface area contributed by atoms with Crippen LogP contribution in [0.4, 0.5) is 28.7 Å². The number of hydrogen-bond donors (Lipinski definition) is 3. The molecule has 0 radical (unpaired) electrons. The number of aromatic nitrogens is 3. The average molecular weight is 657 g/mol. The zero-order valence-electron chi connectivity index (χ0n) is 20.8. The molecule has 21 heteroatoms. The minimum Gasteiger partial charge on any atom is -0.846 e. The summed E-state index contributed by atoms with van der Waals surface area (Å²) >= 11 is 11.5. The minimum atomic E-state index is -5.03. The Hall–Kier alpha value is -2.00. The fourth-order valence-electron chi connectivity index (χ4n) is 3.32. The number of aliphatic imine (C=N–C) groups is 1. The van der Waals surface area contributed by atoms with Crippen LogP contribution in [-0.2, 0) is 20.2 Å². The molecule has 15 nitrogen and oxygen atoms in total. The number of hydrogen-bond acceptors (Lipinski definition) is 13. The van der Waals surface area contributed by atoms with Crippen LogP contribution in [0.2, 0.25) is 10.6 Å². The number of amidine groups is 1. The average Bonchev–Trinajstić information content (AvgIpc) is 2.80. The molecule has 0 saturated heterocycles. The van der Waals surface area contributed by atoms with Crippen LogP contribution >= 0.6 is 23.2 Å². The maximum absolute atomic E-state index is 12.0. The molecule has 0 aliphatic heterocycles. The maximum atomic E-state index is 12.0. The van der Waals surface area contributed by atoms with Gasteiger partial charge in [0.25, 0.3) is 10.1 Å². The summed E-state index contributed by atoms with van der Waals surface area (Å²) in [4.78, 5) is 13.5. The van der Waals surface area contributed by atoms with E-state index in [1.807, 2.05) is 0 Å². The molecule has 41 heavy (non-hydrogen) atoms. The molecule has 0 spiro atoms. The number of nitrogens with zero attached hydrogens (tertiary/aromatic N) is 6. The van der Waals surface area contributed by atoms with Crippen LogP contribution in [-0.4, -0.2) is 46.9 Å². The normalized spacial score (nSPS) is 12.1. The smallest absolute Gasteiger partial charge is 0.846 e. The predicted octanol–water partition coefficient (Wildman–Crippen LogP) is -3.04. The van der Waals surface area contributed by atoms with Gasteiger partial charge in [-0.2, -0.15) is 28.5 Å². The van der Waals surface area contributed by atoms with Gasteiger partial charge < -0.3 is 20.7 Å². The molecule has 4 aromatic rings. The van der Waals surface area contributed by atoms with Crippen LogP contribution in [0.15, 0.2) is 73.5 Å². The number of fused-ring (bicyclic) bond motifs is 1. The van der Waals surface area contributed by atoms with E-state index in [-0.39, 0.29) is 109 Å². The Bertz CT molecular complexity index is 1890. The van der Waals surface area contributed by atoms with Gasteiger partial charge in [0.1, 0.15) is 20.7 Å². The van der Waals surface area contributed by atoms with E-state index in [2.05, 4.69) is 35.5 Å². The molecule has 1 aromatic heterocycles. The molecule has 0 aliphatic carbocycles. The summed E-state index contributed by atoms with van der Waals surface area (Å²) < 4.78 is 68.9. The van der Waals surface area contributed by atoms with Gasteiger partial charge in [-0.05, 0) is 59.6 Å². The van der Waals surface area contributed by atoms with Crippen molar-refractivity contribution in [3.8, 4) is 0 Å². The second-order valence-corrected chi connectivity index (χ2v) is 10.8. The van der Waals surface area contributed by atoms with Crippen molar-refractivity contribution in [3.63, 3.8) is 0 Å². The van der Waals surface area contributed by atoms with Crippen LogP contribution in [0.3, 0.4) is 0 Å². The van der Waals surface area contributed by atoms with Crippen molar-refractivity contribution in [2.24, 2.45) is 21.0 Å². The number of anilines is 2. The van der Waals surface area contributed by atoms with Gasteiger partial charge >= 0.3 is 59.1 Å². The van der Waals surface area contributed by atoms with E-state index in [0.717, 1.165) is 24.3 Å². The van der Waals surface area contributed by atoms with E-state index in [1.165, 1.54) is 24.3 Å². The zero-order valence-corrected chi connectivity index (χ0v) is 28.0. The summed E-state index contributed by atoms with van der Waals surface area (Å²) in [6, 6.07) is 8.36. The van der Waals surface area contributed by atoms with E-state index in [9.17, 15) is 31.0 Å². The third kappa shape index (κ3) is 8.99. The van der Waals surface area contributed by atoms with Gasteiger partial charge in [-0.15, -0.1) is 5.11 Å². The first-order valence-electron chi connectivity index (χ1n) is 10.1. The molecule has 0 bridgehead atoms. The van der Waals surface area contributed by atoms with Gasteiger partial charge in [-0.1, -0.05) is 12.1 Å². The van der Waals surface area contributed by atoms with Crippen LogP contribution in [0, 0.1) is 0 Å². The van der Waals surface area contributed by atoms with Crippen molar-refractivity contribution in [1.82, 2.24) is 15.0 Å². The Balaban J connectivity index is 0.00000294. The molecule has 202 valence electrons.